The van der Waals surface area contributed by atoms with E-state index < -0.39 is 48.4 Å². The van der Waals surface area contributed by atoms with Crippen LogP contribution in [0.2, 0.25) is 0 Å². The summed E-state index contributed by atoms with van der Waals surface area (Å²) in [5, 5.41) is 10.8. The Kier molecular flexibility index (Phi) is 10.1. The molecule has 2 amide bonds. The summed E-state index contributed by atoms with van der Waals surface area (Å²) < 4.78 is 60.3. The Morgan fingerprint density at radius 3 is 1.56 bits per heavy atom. The topological polar surface area (TPSA) is 197 Å². The summed E-state index contributed by atoms with van der Waals surface area (Å²) in [5.41, 5.74) is 6.76. The van der Waals surface area contributed by atoms with Crippen LogP contribution < -0.4 is 5.73 Å². The van der Waals surface area contributed by atoms with Gasteiger partial charge in [-0.15, -0.1) is 0 Å². The number of non-ortho nitro benzene ring substituents is 1. The fourth-order valence-corrected chi connectivity index (χ4v) is 6.85. The fourth-order valence-electron chi connectivity index (χ4n) is 3.98. The lowest BCUT2D eigenvalue weighted by Crippen LogP contribution is -2.43. The van der Waals surface area contributed by atoms with Crippen molar-refractivity contribution in [3.8, 4) is 0 Å². The molecule has 2 heterocycles. The average Bonchev–Trinajstić information content (AvgIpc) is 2.80. The summed E-state index contributed by atoms with van der Waals surface area (Å²) in [4.78, 5) is 34.3. The summed E-state index contributed by atoms with van der Waals surface area (Å²) in [6.45, 7) is 9.63. The van der Waals surface area contributed by atoms with Gasteiger partial charge in [-0.25, -0.2) is 26.4 Å². The summed E-state index contributed by atoms with van der Waals surface area (Å²) in [6, 6.07) is 8.93. The molecule has 0 spiro atoms. The van der Waals surface area contributed by atoms with E-state index in [0.717, 1.165) is 9.87 Å². The summed E-state index contributed by atoms with van der Waals surface area (Å²) in [5.74, 6) is -0.610. The minimum Gasteiger partial charge on any atom is -0.443 e. The molecule has 2 aliphatic heterocycles. The number of nitro groups is 1. The van der Waals surface area contributed by atoms with Crippen LogP contribution in [0.1, 0.15) is 71.2 Å². The second-order valence-electron chi connectivity index (χ2n) is 11.7. The normalized spacial score (nSPS) is 16.7. The second-order valence-corrected chi connectivity index (χ2v) is 15.5. The highest BCUT2D eigenvalue weighted by atomic mass is 32.2. The minimum absolute atomic E-state index is 0. The van der Waals surface area contributed by atoms with Crippen LogP contribution in [0.25, 0.3) is 0 Å². The van der Waals surface area contributed by atoms with Crippen LogP contribution in [-0.4, -0.2) is 53.8 Å². The van der Waals surface area contributed by atoms with Gasteiger partial charge in [0, 0.05) is 17.8 Å². The van der Waals surface area contributed by atoms with Gasteiger partial charge in [0.2, 0.25) is 20.0 Å². The van der Waals surface area contributed by atoms with Crippen LogP contribution in [0.5, 0.6) is 0 Å². The predicted octanol–water partition coefficient (Wildman–Crippen LogP) is 4.66. The van der Waals surface area contributed by atoms with Crippen molar-refractivity contribution < 1.29 is 40.8 Å². The molecule has 43 heavy (non-hydrogen) atoms. The van der Waals surface area contributed by atoms with E-state index in [1.165, 1.54) is 18.2 Å². The van der Waals surface area contributed by atoms with Gasteiger partial charge >= 0.3 is 12.2 Å². The Morgan fingerprint density at radius 1 is 0.767 bits per heavy atom. The van der Waals surface area contributed by atoms with Gasteiger partial charge in [0.1, 0.15) is 11.2 Å². The maximum absolute atomic E-state index is 12.2. The highest BCUT2D eigenvalue weighted by Crippen LogP contribution is 2.30. The lowest BCUT2D eigenvalue weighted by atomic mass is 10.1. The third-order valence-corrected chi connectivity index (χ3v) is 9.05. The number of carbonyl (C=O) groups excluding carboxylic acids is 2. The number of benzene rings is 2. The SMILES string of the molecule is C.CC(C)(C)OC(=O)N1Cc2cc(N)ccc2CS1(=O)=O.CC(C)(C)OC(=O)N1Cc2cc([N+](=O)[O-])ccc2CS1(=O)=O. The van der Waals surface area contributed by atoms with Gasteiger partial charge in [-0.05, 0) is 75.9 Å². The maximum Gasteiger partial charge on any atom is 0.424 e. The Morgan fingerprint density at radius 2 is 1.16 bits per heavy atom. The molecule has 2 aromatic carbocycles. The van der Waals surface area contributed by atoms with Crippen molar-refractivity contribution >= 4 is 43.6 Å². The van der Waals surface area contributed by atoms with Crippen molar-refractivity contribution in [3.63, 3.8) is 0 Å². The van der Waals surface area contributed by atoms with Gasteiger partial charge in [0.25, 0.3) is 5.69 Å². The Bertz CT molecular complexity index is 1630. The van der Waals surface area contributed by atoms with Crippen LogP contribution in [-0.2, 0) is 54.1 Å². The Labute approximate surface area is 252 Å². The van der Waals surface area contributed by atoms with Crippen LogP contribution in [0.15, 0.2) is 36.4 Å². The molecule has 14 nitrogen and oxygen atoms in total. The molecule has 0 aliphatic carbocycles. The number of sulfonamides is 2. The third kappa shape index (κ3) is 9.03. The molecular weight excluding hydrogens is 604 g/mol. The number of nitrogen functional groups attached to an aromatic ring is 1. The quantitative estimate of drug-likeness (QED) is 0.258. The zero-order chi connectivity index (χ0) is 31.8. The number of fused-ring (bicyclic) bond motifs is 2. The van der Waals surface area contributed by atoms with Crippen molar-refractivity contribution in [3.05, 3.63) is 68.8 Å². The van der Waals surface area contributed by atoms with Crippen LogP contribution in [0, 0.1) is 10.1 Å². The monoisotopic (exact) mass is 642 g/mol. The molecule has 0 radical (unpaired) electrons. The number of rotatable bonds is 1. The number of hydrogen-bond acceptors (Lipinski definition) is 11. The molecule has 4 rings (SSSR count). The smallest absolute Gasteiger partial charge is 0.424 e. The molecule has 238 valence electrons. The van der Waals surface area contributed by atoms with Crippen LogP contribution in [0.3, 0.4) is 0 Å². The summed E-state index contributed by atoms with van der Waals surface area (Å²) in [6.07, 6.45) is -1.84. The lowest BCUT2D eigenvalue weighted by molar-refractivity contribution is -0.384. The standard InChI is InChI=1S/C13H16N2O6S.C13H18N2O4S.CH4/c1-13(2,3)21-12(16)14-7-10-6-11(15(17)18)5-4-9(10)8-22(14,19)20;1-13(2,3)19-12(16)15-7-10-6-11(14)5-4-9(10)8-20(15,17)18;/h4-6H,7-8H2,1-3H3;4-6H,7-8,14H2,1-3H3;1H4. The Balaban J connectivity index is 0.000000295. The molecule has 0 fully saturated rings. The first kappa shape index (κ1) is 35.3. The highest BCUT2D eigenvalue weighted by Gasteiger charge is 2.38. The molecule has 0 saturated carbocycles. The Hall–Kier alpha value is -3.92. The molecule has 2 aromatic rings. The molecule has 0 unspecified atom stereocenters. The maximum atomic E-state index is 12.2. The van der Waals surface area contributed by atoms with Gasteiger partial charge in [-0.2, -0.15) is 8.61 Å². The van der Waals surface area contributed by atoms with E-state index in [1.807, 2.05) is 0 Å². The number of nitrogens with two attached hydrogens (primary N) is 1. The van der Waals surface area contributed by atoms with Gasteiger partial charge < -0.3 is 15.2 Å². The third-order valence-electron chi connectivity index (χ3n) is 5.80. The zero-order valence-corrected chi connectivity index (χ0v) is 25.7. The largest absolute Gasteiger partial charge is 0.443 e. The molecule has 0 saturated heterocycles. The highest BCUT2D eigenvalue weighted by molar-refractivity contribution is 7.89. The summed E-state index contributed by atoms with van der Waals surface area (Å²) >= 11 is 0. The van der Waals surface area contributed by atoms with E-state index in [-0.39, 0.29) is 37.7 Å². The minimum atomic E-state index is -3.85. The fraction of sp³-hybridized carbons (Fsp3) is 0.481. The van der Waals surface area contributed by atoms with E-state index in [0.29, 0.717) is 26.7 Å². The number of carbonyl (C=O) groups is 2. The van der Waals surface area contributed by atoms with Crippen molar-refractivity contribution in [2.75, 3.05) is 5.73 Å². The van der Waals surface area contributed by atoms with E-state index in [4.69, 9.17) is 15.2 Å². The van der Waals surface area contributed by atoms with Crippen molar-refractivity contribution in [1.29, 1.82) is 0 Å². The molecular formula is C27H38N4O10S2. The number of anilines is 1. The molecule has 0 atom stereocenters. The number of nitrogens with zero attached hydrogens (tertiary/aromatic N) is 3. The first-order valence-electron chi connectivity index (χ1n) is 12.7. The van der Waals surface area contributed by atoms with Gasteiger partial charge in [-0.3, -0.25) is 10.1 Å². The number of hydrogen-bond donors (Lipinski definition) is 1. The molecule has 2 aliphatic rings. The van der Waals surface area contributed by atoms with E-state index in [2.05, 4.69) is 0 Å². The van der Waals surface area contributed by atoms with Crippen LogP contribution >= 0.6 is 0 Å². The van der Waals surface area contributed by atoms with Crippen molar-refractivity contribution in [2.24, 2.45) is 0 Å². The lowest BCUT2D eigenvalue weighted by Gasteiger charge is -2.30. The predicted molar refractivity (Wildman–Crippen MR) is 159 cm³/mol. The van der Waals surface area contributed by atoms with Crippen molar-refractivity contribution in [1.82, 2.24) is 8.61 Å². The van der Waals surface area contributed by atoms with E-state index >= 15 is 0 Å². The number of amides is 2. The van der Waals surface area contributed by atoms with Gasteiger partial charge in [0.15, 0.2) is 0 Å². The first-order chi connectivity index (χ1) is 19.1. The van der Waals surface area contributed by atoms with E-state index in [1.54, 1.807) is 59.7 Å². The number of nitro benzene ring substituents is 1. The van der Waals surface area contributed by atoms with E-state index in [9.17, 15) is 36.5 Å². The molecule has 16 heteroatoms. The van der Waals surface area contributed by atoms with Crippen LogP contribution in [0.4, 0.5) is 21.0 Å². The van der Waals surface area contributed by atoms with Gasteiger partial charge in [-0.1, -0.05) is 19.6 Å². The molecule has 2 N–H and O–H groups in total. The first-order valence-corrected chi connectivity index (χ1v) is 15.9. The average molecular weight is 643 g/mol. The van der Waals surface area contributed by atoms with Crippen molar-refractivity contribution in [2.45, 2.75) is 84.8 Å². The molecule has 0 aromatic heterocycles. The number of ether oxygens (including phenoxy) is 2. The van der Waals surface area contributed by atoms with Gasteiger partial charge in [0.05, 0.1) is 29.5 Å². The zero-order valence-electron chi connectivity index (χ0n) is 24.1. The summed E-state index contributed by atoms with van der Waals surface area (Å²) in [7, 11) is -7.56. The molecule has 0 bridgehead atoms. The second kappa shape index (κ2) is 12.4.